The van der Waals surface area contributed by atoms with Crippen LogP contribution < -0.4 is 0 Å². The first-order valence-electron chi connectivity index (χ1n) is 5.09. The number of aromatic nitrogens is 1. The zero-order chi connectivity index (χ0) is 13.2. The second-order valence-corrected chi connectivity index (χ2v) is 3.67. The van der Waals surface area contributed by atoms with Crippen LogP contribution in [0.3, 0.4) is 0 Å². The highest BCUT2D eigenvalue weighted by molar-refractivity contribution is 5.78. The summed E-state index contributed by atoms with van der Waals surface area (Å²) in [6.07, 6.45) is -2.72. The number of hydrogen-bond donors (Lipinski definition) is 0. The van der Waals surface area contributed by atoms with Gasteiger partial charge in [0.05, 0.1) is 0 Å². The van der Waals surface area contributed by atoms with Gasteiger partial charge < -0.3 is 0 Å². The molecule has 0 aliphatic carbocycles. The maximum atomic E-state index is 12.5. The maximum absolute atomic E-state index is 12.5. The molecule has 0 saturated carbocycles. The Hall–Kier alpha value is -2.17. The number of nitrogens with zero attached hydrogens (tertiary/aromatic N) is 1. The van der Waals surface area contributed by atoms with Crippen LogP contribution in [0.15, 0.2) is 42.6 Å². The smallest absolute Gasteiger partial charge is 0.298 e. The van der Waals surface area contributed by atoms with E-state index in [1.807, 2.05) is 0 Å². The summed E-state index contributed by atoms with van der Waals surface area (Å²) in [4.78, 5) is 13.9. The van der Waals surface area contributed by atoms with Gasteiger partial charge in [-0.25, -0.2) is 0 Å². The Morgan fingerprint density at radius 1 is 1.06 bits per heavy atom. The van der Waals surface area contributed by atoms with Crippen molar-refractivity contribution in [2.75, 3.05) is 0 Å². The third-order valence-corrected chi connectivity index (χ3v) is 2.41. The predicted octanol–water partition coefficient (Wildman–Crippen LogP) is 3.58. The number of alkyl halides is 3. The number of carbonyl (C=O) groups is 1. The molecule has 0 saturated heterocycles. The third-order valence-electron chi connectivity index (χ3n) is 2.41. The molecule has 18 heavy (non-hydrogen) atoms. The Kier molecular flexibility index (Phi) is 3.14. The van der Waals surface area contributed by atoms with Crippen LogP contribution in [-0.4, -0.2) is 11.3 Å². The summed E-state index contributed by atoms with van der Waals surface area (Å²) in [7, 11) is 0. The minimum Gasteiger partial charge on any atom is -0.298 e. The first kappa shape index (κ1) is 12.3. The molecule has 0 bridgehead atoms. The SMILES string of the molecule is O=Cc1cccc(-c2ccnc(C(F)(F)F)c2)c1. The minimum atomic E-state index is -4.47. The number of carbonyl (C=O) groups excluding carboxylic acids is 1. The van der Waals surface area contributed by atoms with Crippen LogP contribution in [0.1, 0.15) is 16.1 Å². The molecule has 5 heteroatoms. The number of pyridine rings is 1. The van der Waals surface area contributed by atoms with Crippen LogP contribution in [0.2, 0.25) is 0 Å². The van der Waals surface area contributed by atoms with Gasteiger partial charge in [-0.15, -0.1) is 0 Å². The van der Waals surface area contributed by atoms with Gasteiger partial charge in [-0.1, -0.05) is 18.2 Å². The number of rotatable bonds is 2. The Morgan fingerprint density at radius 3 is 2.44 bits per heavy atom. The molecular formula is C13H8F3NO. The lowest BCUT2D eigenvalue weighted by atomic mass is 10.0. The lowest BCUT2D eigenvalue weighted by Crippen LogP contribution is -2.07. The molecule has 92 valence electrons. The zero-order valence-corrected chi connectivity index (χ0v) is 9.11. The molecule has 0 atom stereocenters. The van der Waals surface area contributed by atoms with Gasteiger partial charge in [0.25, 0.3) is 0 Å². The Bertz CT molecular complexity index is 578. The molecule has 0 N–H and O–H groups in total. The summed E-state index contributed by atoms with van der Waals surface area (Å²) in [6, 6.07) is 8.81. The van der Waals surface area contributed by atoms with Gasteiger partial charge in [-0.05, 0) is 29.3 Å². The van der Waals surface area contributed by atoms with Gasteiger partial charge in [0, 0.05) is 11.8 Å². The summed E-state index contributed by atoms with van der Waals surface area (Å²) >= 11 is 0. The van der Waals surface area contributed by atoms with E-state index in [1.165, 1.54) is 12.1 Å². The van der Waals surface area contributed by atoms with E-state index in [2.05, 4.69) is 4.98 Å². The maximum Gasteiger partial charge on any atom is 0.433 e. The quantitative estimate of drug-likeness (QED) is 0.763. The van der Waals surface area contributed by atoms with Crippen molar-refractivity contribution in [3.05, 3.63) is 53.9 Å². The fourth-order valence-corrected chi connectivity index (χ4v) is 1.56. The van der Waals surface area contributed by atoms with Crippen molar-refractivity contribution in [1.82, 2.24) is 4.98 Å². The third kappa shape index (κ3) is 2.56. The molecule has 0 amide bonds. The van der Waals surface area contributed by atoms with Gasteiger partial charge in [0.2, 0.25) is 0 Å². The van der Waals surface area contributed by atoms with Gasteiger partial charge >= 0.3 is 6.18 Å². The molecule has 2 nitrogen and oxygen atoms in total. The summed E-state index contributed by atoms with van der Waals surface area (Å²) in [5, 5.41) is 0. The number of aldehydes is 1. The van der Waals surface area contributed by atoms with Crippen LogP contribution in [0, 0.1) is 0 Å². The summed E-state index contributed by atoms with van der Waals surface area (Å²) in [5.41, 5.74) is 0.392. The Labute approximate surface area is 101 Å². The first-order chi connectivity index (χ1) is 8.50. The molecule has 2 rings (SSSR count). The molecule has 0 radical (unpaired) electrons. The van der Waals surface area contributed by atoms with E-state index in [9.17, 15) is 18.0 Å². The van der Waals surface area contributed by atoms with E-state index in [1.54, 1.807) is 18.2 Å². The summed E-state index contributed by atoms with van der Waals surface area (Å²) < 4.78 is 37.5. The molecule has 1 aromatic carbocycles. The van der Waals surface area contributed by atoms with Crippen molar-refractivity contribution in [3.8, 4) is 11.1 Å². The molecule has 1 aromatic heterocycles. The van der Waals surface area contributed by atoms with Crippen molar-refractivity contribution in [2.24, 2.45) is 0 Å². The average Bonchev–Trinajstić information content (AvgIpc) is 2.38. The molecule has 0 spiro atoms. The van der Waals surface area contributed by atoms with E-state index >= 15 is 0 Å². The zero-order valence-electron chi connectivity index (χ0n) is 9.11. The van der Waals surface area contributed by atoms with E-state index in [0.717, 1.165) is 12.3 Å². The van der Waals surface area contributed by atoms with E-state index in [0.29, 0.717) is 23.0 Å². The molecule has 0 fully saturated rings. The molecule has 2 aromatic rings. The van der Waals surface area contributed by atoms with Crippen molar-refractivity contribution in [2.45, 2.75) is 6.18 Å². The topological polar surface area (TPSA) is 30.0 Å². The highest BCUT2D eigenvalue weighted by Crippen LogP contribution is 2.30. The fourth-order valence-electron chi connectivity index (χ4n) is 1.56. The monoisotopic (exact) mass is 251 g/mol. The lowest BCUT2D eigenvalue weighted by Gasteiger charge is -2.08. The van der Waals surface area contributed by atoms with Gasteiger partial charge in [0.1, 0.15) is 12.0 Å². The van der Waals surface area contributed by atoms with Crippen molar-refractivity contribution >= 4 is 6.29 Å². The average molecular weight is 251 g/mol. The summed E-state index contributed by atoms with van der Waals surface area (Å²) in [5.74, 6) is 0. The van der Waals surface area contributed by atoms with E-state index in [4.69, 9.17) is 0 Å². The van der Waals surface area contributed by atoms with Crippen LogP contribution in [0.25, 0.3) is 11.1 Å². The van der Waals surface area contributed by atoms with Crippen LogP contribution >= 0.6 is 0 Å². The molecule has 1 heterocycles. The predicted molar refractivity (Wildman–Crippen MR) is 60.1 cm³/mol. The normalized spacial score (nSPS) is 11.3. The van der Waals surface area contributed by atoms with E-state index in [-0.39, 0.29) is 0 Å². The number of benzene rings is 1. The Balaban J connectivity index is 2.47. The first-order valence-corrected chi connectivity index (χ1v) is 5.09. The van der Waals surface area contributed by atoms with Crippen molar-refractivity contribution < 1.29 is 18.0 Å². The van der Waals surface area contributed by atoms with Crippen LogP contribution in [-0.2, 0) is 6.18 Å². The van der Waals surface area contributed by atoms with Gasteiger partial charge in [-0.3, -0.25) is 9.78 Å². The largest absolute Gasteiger partial charge is 0.433 e. The van der Waals surface area contributed by atoms with Crippen LogP contribution in [0.5, 0.6) is 0 Å². The number of hydrogen-bond acceptors (Lipinski definition) is 2. The van der Waals surface area contributed by atoms with Gasteiger partial charge in [-0.2, -0.15) is 13.2 Å². The lowest BCUT2D eigenvalue weighted by molar-refractivity contribution is -0.141. The van der Waals surface area contributed by atoms with Gasteiger partial charge in [0.15, 0.2) is 0 Å². The second kappa shape index (κ2) is 4.60. The second-order valence-electron chi connectivity index (χ2n) is 3.67. The van der Waals surface area contributed by atoms with E-state index < -0.39 is 11.9 Å². The minimum absolute atomic E-state index is 0.376. The molecular weight excluding hydrogens is 243 g/mol. The standard InChI is InChI=1S/C13H8F3NO/c14-13(15,16)12-7-11(4-5-17-12)10-3-1-2-9(6-10)8-18/h1-8H. The highest BCUT2D eigenvalue weighted by atomic mass is 19.4. The number of halogens is 3. The van der Waals surface area contributed by atoms with Crippen LogP contribution in [0.4, 0.5) is 13.2 Å². The summed E-state index contributed by atoms with van der Waals surface area (Å²) in [6.45, 7) is 0. The molecule has 0 aliphatic heterocycles. The molecule has 0 aliphatic rings. The fraction of sp³-hybridized carbons (Fsp3) is 0.0769. The Morgan fingerprint density at radius 2 is 1.78 bits per heavy atom. The molecule has 0 unspecified atom stereocenters. The van der Waals surface area contributed by atoms with Crippen molar-refractivity contribution in [1.29, 1.82) is 0 Å². The highest BCUT2D eigenvalue weighted by Gasteiger charge is 2.32. The van der Waals surface area contributed by atoms with Crippen molar-refractivity contribution in [3.63, 3.8) is 0 Å².